The highest BCUT2D eigenvalue weighted by Crippen LogP contribution is 2.32. The Bertz CT molecular complexity index is 1290. The summed E-state index contributed by atoms with van der Waals surface area (Å²) < 4.78 is 32.4. The van der Waals surface area contributed by atoms with Gasteiger partial charge in [0.05, 0.1) is 32.5 Å². The number of hydrogen-bond donors (Lipinski definition) is 0. The van der Waals surface area contributed by atoms with E-state index < -0.39 is 30.7 Å². The van der Waals surface area contributed by atoms with Crippen LogP contribution in [-0.4, -0.2) is 37.0 Å². The molecule has 0 saturated carbocycles. The Hall–Kier alpha value is -3.65. The third-order valence-electron chi connectivity index (χ3n) is 7.03. The zero-order chi connectivity index (χ0) is 28.1. The summed E-state index contributed by atoms with van der Waals surface area (Å²) in [7, 11) is 0. The highest BCUT2D eigenvalue weighted by atomic mass is 16.7. The summed E-state index contributed by atoms with van der Waals surface area (Å²) in [6.07, 6.45) is -2.11. The van der Waals surface area contributed by atoms with Crippen LogP contribution in [0.5, 0.6) is 0 Å². The molecule has 4 aromatic rings. The maximum atomic E-state index is 11.8. The fourth-order valence-corrected chi connectivity index (χ4v) is 4.92. The Morgan fingerprint density at radius 1 is 0.488 bits per heavy atom. The van der Waals surface area contributed by atoms with E-state index in [0.29, 0.717) is 26.4 Å². The predicted molar refractivity (Wildman–Crippen MR) is 156 cm³/mol. The predicted octanol–water partition coefficient (Wildman–Crippen LogP) is 6.27. The van der Waals surface area contributed by atoms with E-state index in [-0.39, 0.29) is 6.42 Å². The first-order valence-electron chi connectivity index (χ1n) is 14.0. The van der Waals surface area contributed by atoms with Gasteiger partial charge in [0.15, 0.2) is 6.29 Å². The van der Waals surface area contributed by atoms with Gasteiger partial charge in [0.25, 0.3) is 0 Å². The average Bonchev–Trinajstić information content (AvgIpc) is 3.03. The molecular formula is C35H36O6. The summed E-state index contributed by atoms with van der Waals surface area (Å²) >= 11 is 0. The molecule has 1 heterocycles. The molecule has 41 heavy (non-hydrogen) atoms. The third-order valence-corrected chi connectivity index (χ3v) is 7.03. The Balaban J connectivity index is 1.43. The lowest BCUT2D eigenvalue weighted by Gasteiger charge is -2.45. The topological polar surface area (TPSA) is 63.2 Å². The minimum absolute atomic E-state index is 0.140. The molecule has 0 unspecified atom stereocenters. The Morgan fingerprint density at radius 3 is 1.27 bits per heavy atom. The van der Waals surface area contributed by atoms with E-state index in [0.717, 1.165) is 28.5 Å². The van der Waals surface area contributed by atoms with Crippen LogP contribution in [0.2, 0.25) is 0 Å². The van der Waals surface area contributed by atoms with Crippen LogP contribution < -0.4 is 0 Å². The minimum Gasteiger partial charge on any atom is -0.368 e. The van der Waals surface area contributed by atoms with Gasteiger partial charge in [-0.05, 0) is 22.3 Å². The van der Waals surface area contributed by atoms with Gasteiger partial charge in [0, 0.05) is 6.42 Å². The van der Waals surface area contributed by atoms with Crippen molar-refractivity contribution in [3.05, 3.63) is 144 Å². The van der Waals surface area contributed by atoms with Gasteiger partial charge in [0.1, 0.15) is 24.6 Å². The van der Waals surface area contributed by atoms with E-state index in [4.69, 9.17) is 23.7 Å². The van der Waals surface area contributed by atoms with E-state index in [9.17, 15) is 4.79 Å². The van der Waals surface area contributed by atoms with E-state index in [2.05, 4.69) is 0 Å². The maximum absolute atomic E-state index is 11.8. The summed E-state index contributed by atoms with van der Waals surface area (Å²) in [5.74, 6) is 0. The molecule has 4 aromatic carbocycles. The second-order valence-corrected chi connectivity index (χ2v) is 10.0. The molecule has 0 spiro atoms. The first-order valence-corrected chi connectivity index (χ1v) is 14.0. The lowest BCUT2D eigenvalue weighted by molar-refractivity contribution is -0.325. The molecule has 5 rings (SSSR count). The van der Waals surface area contributed by atoms with Crippen molar-refractivity contribution in [1.82, 2.24) is 0 Å². The van der Waals surface area contributed by atoms with E-state index in [1.165, 1.54) is 0 Å². The highest BCUT2D eigenvalue weighted by molar-refractivity contribution is 5.50. The van der Waals surface area contributed by atoms with Crippen molar-refractivity contribution < 1.29 is 28.5 Å². The van der Waals surface area contributed by atoms with Crippen LogP contribution >= 0.6 is 0 Å². The zero-order valence-corrected chi connectivity index (χ0v) is 23.0. The first kappa shape index (κ1) is 28.9. The van der Waals surface area contributed by atoms with Crippen molar-refractivity contribution in [2.45, 2.75) is 63.6 Å². The van der Waals surface area contributed by atoms with Crippen molar-refractivity contribution in [1.29, 1.82) is 0 Å². The first-order chi connectivity index (χ1) is 20.3. The van der Waals surface area contributed by atoms with Gasteiger partial charge in [-0.1, -0.05) is 121 Å². The summed E-state index contributed by atoms with van der Waals surface area (Å²) in [6.45, 7) is 1.36. The van der Waals surface area contributed by atoms with Crippen LogP contribution in [-0.2, 0) is 54.9 Å². The number of aldehydes is 1. The van der Waals surface area contributed by atoms with Gasteiger partial charge in [-0.15, -0.1) is 0 Å². The monoisotopic (exact) mass is 552 g/mol. The van der Waals surface area contributed by atoms with Gasteiger partial charge in [0.2, 0.25) is 0 Å². The number of carbonyl (C=O) groups excluding carboxylic acids is 1. The van der Waals surface area contributed by atoms with Crippen molar-refractivity contribution in [3.63, 3.8) is 0 Å². The van der Waals surface area contributed by atoms with Crippen LogP contribution in [0.15, 0.2) is 121 Å². The number of ether oxygens (including phenoxy) is 5. The second-order valence-electron chi connectivity index (χ2n) is 10.0. The van der Waals surface area contributed by atoms with Crippen LogP contribution in [0.1, 0.15) is 28.7 Å². The maximum Gasteiger partial charge on any atom is 0.187 e. The summed E-state index contributed by atoms with van der Waals surface area (Å²) in [5.41, 5.74) is 4.07. The molecular weight excluding hydrogens is 516 g/mol. The molecule has 0 N–H and O–H groups in total. The fraction of sp³-hybridized carbons (Fsp3) is 0.286. The quantitative estimate of drug-likeness (QED) is 0.172. The highest BCUT2D eigenvalue weighted by Gasteiger charge is 2.48. The lowest BCUT2D eigenvalue weighted by atomic mass is 9.96. The summed E-state index contributed by atoms with van der Waals surface area (Å²) in [4.78, 5) is 11.8. The summed E-state index contributed by atoms with van der Waals surface area (Å²) in [5, 5.41) is 0. The number of carbonyl (C=O) groups is 1. The van der Waals surface area contributed by atoms with Crippen LogP contribution in [0.3, 0.4) is 0 Å². The molecule has 6 nitrogen and oxygen atoms in total. The third kappa shape index (κ3) is 8.43. The molecule has 0 aliphatic carbocycles. The van der Waals surface area contributed by atoms with Gasteiger partial charge in [-0.25, -0.2) is 0 Å². The molecule has 0 bridgehead atoms. The normalized spacial score (nSPS) is 22.3. The molecule has 5 atom stereocenters. The SMILES string of the molecule is O=CC[C@H]1O[C@@H](OCc2ccccc2)[C@H](OCc2ccccc2)[C@@H](OCc2ccccc2)[C@@H]1OCc1ccccc1. The minimum atomic E-state index is -0.777. The van der Waals surface area contributed by atoms with Crippen molar-refractivity contribution >= 4 is 6.29 Å². The largest absolute Gasteiger partial charge is 0.368 e. The van der Waals surface area contributed by atoms with Crippen molar-refractivity contribution in [3.8, 4) is 0 Å². The average molecular weight is 553 g/mol. The molecule has 0 aromatic heterocycles. The van der Waals surface area contributed by atoms with Gasteiger partial charge in [-0.2, -0.15) is 0 Å². The van der Waals surface area contributed by atoms with E-state index in [1.54, 1.807) is 0 Å². The van der Waals surface area contributed by atoms with Crippen molar-refractivity contribution in [2.75, 3.05) is 0 Å². The molecule has 0 radical (unpaired) electrons. The lowest BCUT2D eigenvalue weighted by Crippen LogP contribution is -2.60. The Labute approximate surface area is 241 Å². The van der Waals surface area contributed by atoms with E-state index >= 15 is 0 Å². The molecule has 1 aliphatic rings. The van der Waals surface area contributed by atoms with Crippen LogP contribution in [0.25, 0.3) is 0 Å². The van der Waals surface area contributed by atoms with Crippen molar-refractivity contribution in [2.24, 2.45) is 0 Å². The van der Waals surface area contributed by atoms with Gasteiger partial charge in [-0.3, -0.25) is 0 Å². The van der Waals surface area contributed by atoms with Crippen LogP contribution in [0.4, 0.5) is 0 Å². The molecule has 212 valence electrons. The van der Waals surface area contributed by atoms with Crippen LogP contribution in [0, 0.1) is 0 Å². The van der Waals surface area contributed by atoms with Gasteiger partial charge >= 0.3 is 0 Å². The molecule has 1 saturated heterocycles. The smallest absolute Gasteiger partial charge is 0.187 e. The summed E-state index contributed by atoms with van der Waals surface area (Å²) in [6, 6.07) is 39.8. The molecule has 0 amide bonds. The Kier molecular flexibility index (Phi) is 10.8. The molecule has 1 fully saturated rings. The number of rotatable bonds is 14. The second kappa shape index (κ2) is 15.4. The Morgan fingerprint density at radius 2 is 0.854 bits per heavy atom. The zero-order valence-electron chi connectivity index (χ0n) is 23.0. The van der Waals surface area contributed by atoms with Gasteiger partial charge < -0.3 is 28.5 Å². The number of hydrogen-bond acceptors (Lipinski definition) is 6. The fourth-order valence-electron chi connectivity index (χ4n) is 4.92. The van der Waals surface area contributed by atoms with E-state index in [1.807, 2.05) is 121 Å². The molecule has 1 aliphatic heterocycles. The molecule has 6 heteroatoms. The number of benzene rings is 4. The standard InChI is InChI=1S/C35H36O6/c36-22-21-31-32(37-23-27-13-5-1-6-14-27)33(38-24-28-15-7-2-8-16-28)34(39-25-29-17-9-3-10-18-29)35(41-31)40-26-30-19-11-4-12-20-30/h1-20,22,31-35H,21,23-26H2/t31-,32-,33+,34-,35-/m1/s1.